The third kappa shape index (κ3) is 3.00. The van der Waals surface area contributed by atoms with Crippen molar-refractivity contribution in [3.63, 3.8) is 0 Å². The fourth-order valence-electron chi connectivity index (χ4n) is 1.27. The van der Waals surface area contributed by atoms with Gasteiger partial charge in [-0.1, -0.05) is 23.9 Å². The van der Waals surface area contributed by atoms with Crippen molar-refractivity contribution in [2.24, 2.45) is 0 Å². The van der Waals surface area contributed by atoms with Crippen molar-refractivity contribution in [2.75, 3.05) is 6.61 Å². The first-order valence-electron chi connectivity index (χ1n) is 5.09. The maximum absolute atomic E-state index is 5.38. The zero-order chi connectivity index (χ0) is 11.2. The summed E-state index contributed by atoms with van der Waals surface area (Å²) < 4.78 is 5.38. The Morgan fingerprint density at radius 3 is 2.75 bits per heavy atom. The van der Waals surface area contributed by atoms with E-state index in [1.54, 1.807) is 18.0 Å². The van der Waals surface area contributed by atoms with Crippen molar-refractivity contribution in [1.29, 1.82) is 0 Å². The van der Waals surface area contributed by atoms with Crippen molar-refractivity contribution in [3.05, 3.63) is 36.0 Å². The van der Waals surface area contributed by atoms with Gasteiger partial charge in [0.25, 0.3) is 0 Å². The van der Waals surface area contributed by atoms with Gasteiger partial charge in [-0.25, -0.2) is 0 Å². The minimum absolute atomic E-state index is 0.701. The Kier molecular flexibility index (Phi) is 3.82. The molecule has 0 fully saturated rings. The van der Waals surface area contributed by atoms with Crippen LogP contribution in [0.3, 0.4) is 0 Å². The molecule has 5 heteroatoms. The van der Waals surface area contributed by atoms with Gasteiger partial charge >= 0.3 is 0 Å². The van der Waals surface area contributed by atoms with E-state index in [-0.39, 0.29) is 0 Å². The number of hydrogen-bond donors (Lipinski definition) is 1. The molecule has 1 heterocycles. The molecule has 0 spiro atoms. The first-order valence-corrected chi connectivity index (χ1v) is 6.07. The van der Waals surface area contributed by atoms with E-state index in [2.05, 4.69) is 27.5 Å². The van der Waals surface area contributed by atoms with Crippen molar-refractivity contribution in [1.82, 2.24) is 15.4 Å². The lowest BCUT2D eigenvalue weighted by Gasteiger charge is -2.03. The number of aromatic nitrogens is 3. The third-order valence-electron chi connectivity index (χ3n) is 2.01. The van der Waals surface area contributed by atoms with Gasteiger partial charge in [0.2, 0.25) is 0 Å². The third-order valence-corrected chi connectivity index (χ3v) is 2.98. The number of rotatable bonds is 5. The average Bonchev–Trinajstić information content (AvgIpc) is 2.82. The number of aromatic amines is 1. The van der Waals surface area contributed by atoms with Crippen LogP contribution in [0.2, 0.25) is 0 Å². The van der Waals surface area contributed by atoms with Crippen LogP contribution in [0.25, 0.3) is 0 Å². The van der Waals surface area contributed by atoms with Crippen LogP contribution >= 0.6 is 11.8 Å². The number of hydrogen-bond acceptors (Lipinski definition) is 4. The summed E-state index contributed by atoms with van der Waals surface area (Å²) in [5, 5.41) is 11.2. The Labute approximate surface area is 98.4 Å². The van der Waals surface area contributed by atoms with Crippen LogP contribution in [-0.4, -0.2) is 22.0 Å². The fourth-order valence-corrected chi connectivity index (χ4v) is 2.01. The van der Waals surface area contributed by atoms with Gasteiger partial charge in [0.15, 0.2) is 0 Å². The second-order valence-corrected chi connectivity index (χ2v) is 4.17. The summed E-state index contributed by atoms with van der Waals surface area (Å²) in [5.41, 5.74) is 1.25. The van der Waals surface area contributed by atoms with Gasteiger partial charge in [-0.05, 0) is 24.6 Å². The predicted molar refractivity (Wildman–Crippen MR) is 63.6 cm³/mol. The molecule has 0 radical (unpaired) electrons. The normalized spacial score (nSPS) is 10.3. The second kappa shape index (κ2) is 5.55. The maximum Gasteiger partial charge on any atom is 0.139 e. The quantitative estimate of drug-likeness (QED) is 0.809. The van der Waals surface area contributed by atoms with E-state index in [4.69, 9.17) is 4.74 Å². The summed E-state index contributed by atoms with van der Waals surface area (Å²) in [6, 6.07) is 8.11. The molecule has 0 aliphatic rings. The van der Waals surface area contributed by atoms with E-state index in [1.807, 2.05) is 19.1 Å². The molecule has 1 N–H and O–H groups in total. The number of benzene rings is 1. The van der Waals surface area contributed by atoms with Gasteiger partial charge in [0.1, 0.15) is 10.8 Å². The summed E-state index contributed by atoms with van der Waals surface area (Å²) in [4.78, 5) is 0. The number of nitrogens with zero attached hydrogens (tertiary/aromatic N) is 2. The van der Waals surface area contributed by atoms with Crippen LogP contribution in [0, 0.1) is 0 Å². The molecule has 84 valence electrons. The number of thioether (sulfide) groups is 1. The van der Waals surface area contributed by atoms with Gasteiger partial charge in [-0.15, -0.1) is 5.10 Å². The highest BCUT2D eigenvalue weighted by Crippen LogP contribution is 2.21. The van der Waals surface area contributed by atoms with E-state index in [0.29, 0.717) is 6.61 Å². The average molecular weight is 235 g/mol. The molecule has 0 aliphatic heterocycles. The lowest BCUT2D eigenvalue weighted by molar-refractivity contribution is 0.340. The molecular formula is C11H13N3OS. The van der Waals surface area contributed by atoms with E-state index in [1.165, 1.54) is 5.56 Å². The van der Waals surface area contributed by atoms with Crippen LogP contribution in [0.15, 0.2) is 35.5 Å². The van der Waals surface area contributed by atoms with Gasteiger partial charge in [-0.2, -0.15) is 10.3 Å². The molecule has 4 nitrogen and oxygen atoms in total. The number of nitrogens with one attached hydrogen (secondary N) is 1. The van der Waals surface area contributed by atoms with Gasteiger partial charge in [0, 0.05) is 5.75 Å². The molecule has 0 atom stereocenters. The van der Waals surface area contributed by atoms with E-state index < -0.39 is 0 Å². The molecular weight excluding hydrogens is 222 g/mol. The standard InChI is InChI=1S/C11H13N3OS/c1-2-15-10-5-3-9(4-6-10)8-16-11-7-12-14-13-11/h3-7H,2,8H2,1H3,(H,12,13,14). The van der Waals surface area contributed by atoms with Crippen LogP contribution in [-0.2, 0) is 5.75 Å². The predicted octanol–water partition coefficient (Wildman–Crippen LogP) is 2.50. The summed E-state index contributed by atoms with van der Waals surface area (Å²) in [5.74, 6) is 1.80. The highest BCUT2D eigenvalue weighted by Gasteiger charge is 1.99. The minimum Gasteiger partial charge on any atom is -0.494 e. The zero-order valence-corrected chi connectivity index (χ0v) is 9.83. The topological polar surface area (TPSA) is 50.8 Å². The van der Waals surface area contributed by atoms with Gasteiger partial charge in [-0.3, -0.25) is 0 Å². The monoisotopic (exact) mass is 235 g/mol. The van der Waals surface area contributed by atoms with E-state index in [0.717, 1.165) is 16.5 Å². The molecule has 0 aliphatic carbocycles. The Morgan fingerprint density at radius 2 is 2.12 bits per heavy atom. The molecule has 0 saturated heterocycles. The fraction of sp³-hybridized carbons (Fsp3) is 0.273. The Morgan fingerprint density at radius 1 is 1.31 bits per heavy atom. The molecule has 0 unspecified atom stereocenters. The van der Waals surface area contributed by atoms with E-state index in [9.17, 15) is 0 Å². The first kappa shape index (κ1) is 11.0. The smallest absolute Gasteiger partial charge is 0.139 e. The highest BCUT2D eigenvalue weighted by atomic mass is 32.2. The van der Waals surface area contributed by atoms with E-state index >= 15 is 0 Å². The largest absolute Gasteiger partial charge is 0.494 e. The molecule has 2 aromatic rings. The lowest BCUT2D eigenvalue weighted by atomic mass is 10.2. The number of H-pyrrole nitrogens is 1. The Balaban J connectivity index is 1.90. The summed E-state index contributed by atoms with van der Waals surface area (Å²) in [6.45, 7) is 2.68. The van der Waals surface area contributed by atoms with Gasteiger partial charge < -0.3 is 4.74 Å². The zero-order valence-electron chi connectivity index (χ0n) is 9.01. The lowest BCUT2D eigenvalue weighted by Crippen LogP contribution is -1.91. The first-order chi connectivity index (χ1) is 7.88. The molecule has 1 aromatic carbocycles. The molecule has 0 saturated carbocycles. The minimum atomic E-state index is 0.701. The van der Waals surface area contributed by atoms with Crippen LogP contribution in [0.4, 0.5) is 0 Å². The molecule has 2 rings (SSSR count). The van der Waals surface area contributed by atoms with Crippen molar-refractivity contribution < 1.29 is 4.74 Å². The van der Waals surface area contributed by atoms with Crippen LogP contribution < -0.4 is 4.74 Å². The molecule has 0 bridgehead atoms. The number of ether oxygens (including phenoxy) is 1. The van der Waals surface area contributed by atoms with Crippen molar-refractivity contribution in [3.8, 4) is 5.75 Å². The van der Waals surface area contributed by atoms with Crippen LogP contribution in [0.5, 0.6) is 5.75 Å². The maximum atomic E-state index is 5.38. The van der Waals surface area contributed by atoms with Crippen molar-refractivity contribution >= 4 is 11.8 Å². The SMILES string of the molecule is CCOc1ccc(CSc2cn[nH]n2)cc1. The van der Waals surface area contributed by atoms with Crippen molar-refractivity contribution in [2.45, 2.75) is 17.7 Å². The summed E-state index contributed by atoms with van der Waals surface area (Å²) in [7, 11) is 0. The highest BCUT2D eigenvalue weighted by molar-refractivity contribution is 7.98. The molecule has 1 aromatic heterocycles. The summed E-state index contributed by atoms with van der Waals surface area (Å²) in [6.07, 6.45) is 1.72. The molecule has 0 amide bonds. The molecule has 16 heavy (non-hydrogen) atoms. The Bertz CT molecular complexity index is 413. The van der Waals surface area contributed by atoms with Crippen LogP contribution in [0.1, 0.15) is 12.5 Å². The Hall–Kier alpha value is -1.49. The second-order valence-electron chi connectivity index (χ2n) is 3.17. The van der Waals surface area contributed by atoms with Gasteiger partial charge in [0.05, 0.1) is 12.8 Å². The summed E-state index contributed by atoms with van der Waals surface area (Å²) >= 11 is 1.65.